The van der Waals surface area contributed by atoms with E-state index >= 15 is 0 Å². The maximum atomic E-state index is 12.6. The van der Waals surface area contributed by atoms with E-state index in [-0.39, 0.29) is 11.5 Å². The molecule has 0 bridgehead atoms. The van der Waals surface area contributed by atoms with Crippen LogP contribution in [0.15, 0.2) is 30.3 Å². The summed E-state index contributed by atoms with van der Waals surface area (Å²) >= 11 is 5.80. The quantitative estimate of drug-likeness (QED) is 0.780. The molecule has 18 heavy (non-hydrogen) atoms. The molecule has 0 N–H and O–H groups in total. The van der Waals surface area contributed by atoms with Gasteiger partial charge >= 0.3 is 6.18 Å². The molecule has 0 unspecified atom stereocenters. The summed E-state index contributed by atoms with van der Waals surface area (Å²) in [6.07, 6.45) is -4.49. The lowest BCUT2D eigenvalue weighted by molar-refractivity contribution is -0.141. The molecule has 0 fully saturated rings. The SMILES string of the molecule is Cc1nc(-c2cccc(Cl)c2)cc(C(F)(F)F)n1. The summed E-state index contributed by atoms with van der Waals surface area (Å²) < 4.78 is 37.9. The van der Waals surface area contributed by atoms with Crippen molar-refractivity contribution in [3.8, 4) is 11.3 Å². The zero-order valence-electron chi connectivity index (χ0n) is 9.29. The highest BCUT2D eigenvalue weighted by Crippen LogP contribution is 2.30. The smallest absolute Gasteiger partial charge is 0.233 e. The minimum atomic E-state index is -4.49. The summed E-state index contributed by atoms with van der Waals surface area (Å²) in [6.45, 7) is 1.42. The molecule has 0 atom stereocenters. The highest BCUT2D eigenvalue weighted by molar-refractivity contribution is 6.30. The van der Waals surface area contributed by atoms with E-state index in [1.807, 2.05) is 0 Å². The fourth-order valence-electron chi connectivity index (χ4n) is 1.51. The van der Waals surface area contributed by atoms with Crippen molar-refractivity contribution in [3.63, 3.8) is 0 Å². The van der Waals surface area contributed by atoms with E-state index in [2.05, 4.69) is 9.97 Å². The highest BCUT2D eigenvalue weighted by Gasteiger charge is 2.33. The molecule has 1 heterocycles. The number of aryl methyl sites for hydroxylation is 1. The average molecular weight is 273 g/mol. The summed E-state index contributed by atoms with van der Waals surface area (Å²) in [5, 5.41) is 0.442. The molecule has 0 aliphatic rings. The molecule has 0 aliphatic heterocycles. The van der Waals surface area contributed by atoms with Crippen LogP contribution in [0.25, 0.3) is 11.3 Å². The van der Waals surface area contributed by atoms with Crippen LogP contribution in [0.3, 0.4) is 0 Å². The largest absolute Gasteiger partial charge is 0.433 e. The zero-order chi connectivity index (χ0) is 13.3. The van der Waals surface area contributed by atoms with Crippen molar-refractivity contribution in [3.05, 3.63) is 46.9 Å². The Balaban J connectivity index is 2.55. The Hall–Kier alpha value is -1.62. The number of rotatable bonds is 1. The second-order valence-electron chi connectivity index (χ2n) is 3.69. The van der Waals surface area contributed by atoms with E-state index in [4.69, 9.17) is 11.6 Å². The van der Waals surface area contributed by atoms with Crippen LogP contribution in [-0.2, 0) is 6.18 Å². The van der Waals surface area contributed by atoms with Crippen LogP contribution in [-0.4, -0.2) is 9.97 Å². The number of benzene rings is 1. The van der Waals surface area contributed by atoms with Crippen LogP contribution in [0.1, 0.15) is 11.5 Å². The van der Waals surface area contributed by atoms with E-state index in [0.717, 1.165) is 6.07 Å². The predicted octanol–water partition coefficient (Wildman–Crippen LogP) is 4.12. The second kappa shape index (κ2) is 4.57. The highest BCUT2D eigenvalue weighted by atomic mass is 35.5. The predicted molar refractivity (Wildman–Crippen MR) is 62.2 cm³/mol. The first-order chi connectivity index (χ1) is 8.36. The molecule has 2 rings (SSSR count). The van der Waals surface area contributed by atoms with Crippen LogP contribution < -0.4 is 0 Å². The Morgan fingerprint density at radius 3 is 2.44 bits per heavy atom. The fourth-order valence-corrected chi connectivity index (χ4v) is 1.70. The Labute approximate surface area is 106 Å². The molecule has 0 aliphatic carbocycles. The summed E-state index contributed by atoms with van der Waals surface area (Å²) in [7, 11) is 0. The van der Waals surface area contributed by atoms with Crippen LogP contribution in [0.5, 0.6) is 0 Å². The second-order valence-corrected chi connectivity index (χ2v) is 4.13. The molecule has 94 valence electrons. The number of halogens is 4. The van der Waals surface area contributed by atoms with Crippen molar-refractivity contribution in [1.29, 1.82) is 0 Å². The fraction of sp³-hybridized carbons (Fsp3) is 0.167. The van der Waals surface area contributed by atoms with Crippen molar-refractivity contribution >= 4 is 11.6 Å². The van der Waals surface area contributed by atoms with Gasteiger partial charge in [-0.15, -0.1) is 0 Å². The van der Waals surface area contributed by atoms with E-state index in [1.54, 1.807) is 24.3 Å². The Kier molecular flexibility index (Phi) is 3.26. The summed E-state index contributed by atoms with van der Waals surface area (Å²) in [6, 6.07) is 7.42. The van der Waals surface area contributed by atoms with Crippen LogP contribution in [0, 0.1) is 6.92 Å². The van der Waals surface area contributed by atoms with Gasteiger partial charge in [0.05, 0.1) is 5.69 Å². The van der Waals surface area contributed by atoms with Gasteiger partial charge in [-0.05, 0) is 25.1 Å². The van der Waals surface area contributed by atoms with Crippen molar-refractivity contribution in [1.82, 2.24) is 9.97 Å². The summed E-state index contributed by atoms with van der Waals surface area (Å²) in [5.41, 5.74) is -0.221. The van der Waals surface area contributed by atoms with Crippen molar-refractivity contribution in [2.75, 3.05) is 0 Å². The number of alkyl halides is 3. The van der Waals surface area contributed by atoms with Crippen LogP contribution >= 0.6 is 11.6 Å². The summed E-state index contributed by atoms with van der Waals surface area (Å²) in [4.78, 5) is 7.37. The van der Waals surface area contributed by atoms with Gasteiger partial charge in [0.2, 0.25) is 0 Å². The molecular formula is C12H8ClF3N2. The Morgan fingerprint density at radius 1 is 1.11 bits per heavy atom. The average Bonchev–Trinajstić information content (AvgIpc) is 2.27. The van der Waals surface area contributed by atoms with Crippen molar-refractivity contribution in [2.45, 2.75) is 13.1 Å². The van der Waals surface area contributed by atoms with Crippen LogP contribution in [0.4, 0.5) is 13.2 Å². The van der Waals surface area contributed by atoms with E-state index in [9.17, 15) is 13.2 Å². The van der Waals surface area contributed by atoms with E-state index < -0.39 is 11.9 Å². The van der Waals surface area contributed by atoms with Gasteiger partial charge in [0.25, 0.3) is 0 Å². The third kappa shape index (κ3) is 2.79. The van der Waals surface area contributed by atoms with E-state index in [1.165, 1.54) is 6.92 Å². The normalized spacial score (nSPS) is 11.6. The van der Waals surface area contributed by atoms with Crippen molar-refractivity contribution in [2.24, 2.45) is 0 Å². The molecule has 0 saturated heterocycles. The van der Waals surface area contributed by atoms with Gasteiger partial charge in [-0.2, -0.15) is 13.2 Å². The monoisotopic (exact) mass is 272 g/mol. The molecule has 0 saturated carbocycles. The lowest BCUT2D eigenvalue weighted by Crippen LogP contribution is -2.10. The van der Waals surface area contributed by atoms with Gasteiger partial charge in [-0.3, -0.25) is 0 Å². The Morgan fingerprint density at radius 2 is 1.83 bits per heavy atom. The lowest BCUT2D eigenvalue weighted by atomic mass is 10.1. The minimum absolute atomic E-state index is 0.0693. The van der Waals surface area contributed by atoms with Gasteiger partial charge in [0, 0.05) is 10.6 Å². The number of aromatic nitrogens is 2. The molecule has 2 nitrogen and oxygen atoms in total. The Bertz CT molecular complexity index is 582. The topological polar surface area (TPSA) is 25.8 Å². The van der Waals surface area contributed by atoms with Gasteiger partial charge in [0.15, 0.2) is 0 Å². The number of hydrogen-bond donors (Lipinski definition) is 0. The number of nitrogens with zero attached hydrogens (tertiary/aromatic N) is 2. The minimum Gasteiger partial charge on any atom is -0.233 e. The third-order valence-electron chi connectivity index (χ3n) is 2.25. The first-order valence-electron chi connectivity index (χ1n) is 5.05. The number of hydrogen-bond acceptors (Lipinski definition) is 2. The van der Waals surface area contributed by atoms with Gasteiger partial charge < -0.3 is 0 Å². The van der Waals surface area contributed by atoms with Crippen LogP contribution in [0.2, 0.25) is 5.02 Å². The first kappa shape index (κ1) is 12.8. The molecule has 2 aromatic rings. The van der Waals surface area contributed by atoms with E-state index in [0.29, 0.717) is 10.6 Å². The maximum Gasteiger partial charge on any atom is 0.433 e. The maximum absolute atomic E-state index is 12.6. The van der Waals surface area contributed by atoms with Crippen molar-refractivity contribution < 1.29 is 13.2 Å². The van der Waals surface area contributed by atoms with Gasteiger partial charge in [-0.1, -0.05) is 23.7 Å². The molecule has 0 amide bonds. The standard InChI is InChI=1S/C12H8ClF3N2/c1-7-17-10(6-11(18-7)12(14,15)16)8-3-2-4-9(13)5-8/h2-6H,1H3. The molecule has 0 radical (unpaired) electrons. The molecule has 0 spiro atoms. The van der Waals surface area contributed by atoms with Gasteiger partial charge in [-0.25, -0.2) is 9.97 Å². The molecule has 6 heteroatoms. The van der Waals surface area contributed by atoms with Gasteiger partial charge in [0.1, 0.15) is 11.5 Å². The lowest BCUT2D eigenvalue weighted by Gasteiger charge is -2.09. The zero-order valence-corrected chi connectivity index (χ0v) is 10.0. The third-order valence-corrected chi connectivity index (χ3v) is 2.48. The molecule has 1 aromatic heterocycles. The molecular weight excluding hydrogens is 265 g/mol. The summed E-state index contributed by atoms with van der Waals surface area (Å²) in [5.74, 6) is 0.0693. The molecule has 1 aromatic carbocycles. The first-order valence-corrected chi connectivity index (χ1v) is 5.43.